The van der Waals surface area contributed by atoms with E-state index >= 15 is 0 Å². The van der Waals surface area contributed by atoms with E-state index in [1.165, 1.54) is 0 Å². The van der Waals surface area contributed by atoms with Crippen LogP contribution in [0, 0.1) is 0 Å². The number of ether oxygens (including phenoxy) is 2. The average molecular weight is 388 g/mol. The molecule has 1 aliphatic heterocycles. The fourth-order valence-corrected chi connectivity index (χ4v) is 2.97. The van der Waals surface area contributed by atoms with Crippen LogP contribution in [0.2, 0.25) is 0 Å². The minimum absolute atomic E-state index is 0.197. The molecule has 0 spiro atoms. The Kier molecular flexibility index (Phi) is 5.42. The topological polar surface area (TPSA) is 76.7 Å². The van der Waals surface area contributed by atoms with Crippen molar-refractivity contribution in [3.8, 4) is 11.5 Å². The Morgan fingerprint density at radius 3 is 2.21 bits per heavy atom. The van der Waals surface area contributed by atoms with Crippen LogP contribution >= 0.6 is 0 Å². The molecule has 6 nitrogen and oxygen atoms in total. The van der Waals surface area contributed by atoms with Crippen LogP contribution in [-0.4, -0.2) is 31.1 Å². The summed E-state index contributed by atoms with van der Waals surface area (Å²) >= 11 is 0. The Morgan fingerprint density at radius 1 is 0.793 bits per heavy atom. The zero-order chi connectivity index (χ0) is 20.1. The summed E-state index contributed by atoms with van der Waals surface area (Å²) in [6.45, 7) is 0.710. The van der Waals surface area contributed by atoms with Crippen LogP contribution < -0.4 is 20.1 Å². The fraction of sp³-hybridized carbons (Fsp3) is 0.130. The lowest BCUT2D eigenvalue weighted by molar-refractivity contribution is 0.0789. The number of rotatable bonds is 5. The second-order valence-electron chi connectivity index (χ2n) is 6.61. The molecule has 0 saturated heterocycles. The molecule has 146 valence electrons. The fourth-order valence-electron chi connectivity index (χ4n) is 2.97. The molecule has 1 atom stereocenters. The molecule has 3 aromatic carbocycles. The predicted octanol–water partition coefficient (Wildman–Crippen LogP) is 3.51. The molecule has 0 aromatic heterocycles. The highest BCUT2D eigenvalue weighted by molar-refractivity contribution is 6.04. The molecule has 4 rings (SSSR count). The van der Waals surface area contributed by atoms with Gasteiger partial charge in [0.25, 0.3) is 11.8 Å². The van der Waals surface area contributed by atoms with Crippen LogP contribution in [-0.2, 0) is 0 Å². The van der Waals surface area contributed by atoms with E-state index in [1.54, 1.807) is 36.4 Å². The average Bonchev–Trinajstić information content (AvgIpc) is 2.78. The van der Waals surface area contributed by atoms with E-state index in [0.717, 1.165) is 0 Å². The number of anilines is 1. The van der Waals surface area contributed by atoms with Crippen molar-refractivity contribution in [3.63, 3.8) is 0 Å². The molecule has 0 saturated carbocycles. The molecule has 0 radical (unpaired) electrons. The maximum atomic E-state index is 12.4. The van der Waals surface area contributed by atoms with Gasteiger partial charge in [-0.15, -0.1) is 0 Å². The number of fused-ring (bicyclic) bond motifs is 1. The minimum Gasteiger partial charge on any atom is -0.486 e. The summed E-state index contributed by atoms with van der Waals surface area (Å²) in [4.78, 5) is 24.6. The van der Waals surface area contributed by atoms with Crippen molar-refractivity contribution < 1.29 is 19.1 Å². The highest BCUT2D eigenvalue weighted by atomic mass is 16.6. The number of benzene rings is 3. The first-order valence-corrected chi connectivity index (χ1v) is 9.32. The third-order valence-electron chi connectivity index (χ3n) is 4.50. The van der Waals surface area contributed by atoms with Crippen LogP contribution in [0.1, 0.15) is 20.7 Å². The van der Waals surface area contributed by atoms with Crippen LogP contribution in [0.5, 0.6) is 11.5 Å². The molecule has 0 aliphatic carbocycles. The summed E-state index contributed by atoms with van der Waals surface area (Å²) in [6, 6.07) is 23.1. The van der Waals surface area contributed by atoms with E-state index in [1.807, 2.05) is 42.5 Å². The molecule has 1 unspecified atom stereocenters. The Bertz CT molecular complexity index is 1000. The third kappa shape index (κ3) is 4.55. The van der Waals surface area contributed by atoms with Gasteiger partial charge in [-0.05, 0) is 48.5 Å². The Hall–Kier alpha value is -3.80. The molecular weight excluding hydrogens is 368 g/mol. The normalized spacial score (nSPS) is 14.7. The molecule has 2 N–H and O–H groups in total. The predicted molar refractivity (Wildman–Crippen MR) is 110 cm³/mol. The number of nitrogens with one attached hydrogen (secondary N) is 2. The molecule has 0 fully saturated rings. The molecule has 2 amide bonds. The highest BCUT2D eigenvalue weighted by Crippen LogP contribution is 2.30. The van der Waals surface area contributed by atoms with Gasteiger partial charge in [0.15, 0.2) is 11.5 Å². The first kappa shape index (κ1) is 18.6. The number of hydrogen-bond donors (Lipinski definition) is 2. The lowest BCUT2D eigenvalue weighted by atomic mass is 10.1. The summed E-state index contributed by atoms with van der Waals surface area (Å²) in [5, 5.41) is 5.66. The molecular formula is C23H20N2O4. The van der Waals surface area contributed by atoms with Gasteiger partial charge in [0.2, 0.25) is 0 Å². The van der Waals surface area contributed by atoms with E-state index in [-0.39, 0.29) is 17.9 Å². The smallest absolute Gasteiger partial charge is 0.255 e. The first-order valence-electron chi connectivity index (χ1n) is 9.32. The van der Waals surface area contributed by atoms with Crippen LogP contribution in [0.4, 0.5) is 5.69 Å². The van der Waals surface area contributed by atoms with Gasteiger partial charge in [-0.2, -0.15) is 0 Å². The monoisotopic (exact) mass is 388 g/mol. The van der Waals surface area contributed by atoms with Crippen molar-refractivity contribution in [3.05, 3.63) is 90.0 Å². The summed E-state index contributed by atoms with van der Waals surface area (Å²) < 4.78 is 11.5. The van der Waals surface area contributed by atoms with Crippen molar-refractivity contribution in [2.45, 2.75) is 6.10 Å². The van der Waals surface area contributed by atoms with Gasteiger partial charge >= 0.3 is 0 Å². The SMILES string of the molecule is O=C(NCC1COc2ccccc2O1)c1ccc(NC(=O)c2ccccc2)cc1. The maximum Gasteiger partial charge on any atom is 0.255 e. The number of carbonyl (C=O) groups excluding carboxylic acids is 2. The maximum absolute atomic E-state index is 12.4. The Balaban J connectivity index is 1.30. The van der Waals surface area contributed by atoms with E-state index in [4.69, 9.17) is 9.47 Å². The van der Waals surface area contributed by atoms with E-state index in [2.05, 4.69) is 10.6 Å². The second-order valence-corrected chi connectivity index (χ2v) is 6.61. The van der Waals surface area contributed by atoms with Gasteiger partial charge in [-0.3, -0.25) is 9.59 Å². The van der Waals surface area contributed by atoms with Gasteiger partial charge in [0.1, 0.15) is 12.7 Å². The Morgan fingerprint density at radius 2 is 1.45 bits per heavy atom. The molecule has 29 heavy (non-hydrogen) atoms. The van der Waals surface area contributed by atoms with Gasteiger partial charge in [0.05, 0.1) is 6.54 Å². The quantitative estimate of drug-likeness (QED) is 0.701. The number of hydrogen-bond acceptors (Lipinski definition) is 4. The molecule has 1 aliphatic rings. The van der Waals surface area contributed by atoms with Crippen molar-refractivity contribution >= 4 is 17.5 Å². The molecule has 0 bridgehead atoms. The Labute approximate surface area is 168 Å². The van der Waals surface area contributed by atoms with Crippen molar-refractivity contribution in [1.29, 1.82) is 0 Å². The zero-order valence-electron chi connectivity index (χ0n) is 15.6. The number of para-hydroxylation sites is 2. The van der Waals surface area contributed by atoms with Crippen LogP contribution in [0.3, 0.4) is 0 Å². The van der Waals surface area contributed by atoms with Gasteiger partial charge in [-0.1, -0.05) is 30.3 Å². The van der Waals surface area contributed by atoms with Crippen molar-refractivity contribution in [2.75, 3.05) is 18.5 Å². The summed E-state index contributed by atoms with van der Waals surface area (Å²) in [5.41, 5.74) is 1.70. The first-order chi connectivity index (χ1) is 14.2. The lowest BCUT2D eigenvalue weighted by Crippen LogP contribution is -2.40. The zero-order valence-corrected chi connectivity index (χ0v) is 15.6. The van der Waals surface area contributed by atoms with Gasteiger partial charge < -0.3 is 20.1 Å². The van der Waals surface area contributed by atoms with E-state index < -0.39 is 0 Å². The molecule has 1 heterocycles. The number of carbonyl (C=O) groups is 2. The van der Waals surface area contributed by atoms with Gasteiger partial charge in [0, 0.05) is 16.8 Å². The highest BCUT2D eigenvalue weighted by Gasteiger charge is 2.21. The minimum atomic E-state index is -0.252. The summed E-state index contributed by atoms with van der Waals surface area (Å²) in [5.74, 6) is 0.977. The molecule has 6 heteroatoms. The second kappa shape index (κ2) is 8.48. The standard InChI is InChI=1S/C23H20N2O4/c26-22(24-14-19-15-28-20-8-4-5-9-21(20)29-19)17-10-12-18(13-11-17)25-23(27)16-6-2-1-3-7-16/h1-13,19H,14-15H2,(H,24,26)(H,25,27). The summed E-state index contributed by atoms with van der Waals surface area (Å²) in [6.07, 6.45) is -0.252. The van der Waals surface area contributed by atoms with Crippen LogP contribution in [0.15, 0.2) is 78.9 Å². The van der Waals surface area contributed by atoms with Crippen LogP contribution in [0.25, 0.3) is 0 Å². The molecule has 3 aromatic rings. The number of amides is 2. The van der Waals surface area contributed by atoms with Gasteiger partial charge in [-0.25, -0.2) is 0 Å². The van der Waals surface area contributed by atoms with Crippen molar-refractivity contribution in [1.82, 2.24) is 5.32 Å². The third-order valence-corrected chi connectivity index (χ3v) is 4.50. The van der Waals surface area contributed by atoms with E-state index in [0.29, 0.717) is 41.5 Å². The lowest BCUT2D eigenvalue weighted by Gasteiger charge is -2.26. The van der Waals surface area contributed by atoms with E-state index in [9.17, 15) is 9.59 Å². The summed E-state index contributed by atoms with van der Waals surface area (Å²) in [7, 11) is 0. The van der Waals surface area contributed by atoms with Crippen molar-refractivity contribution in [2.24, 2.45) is 0 Å². The largest absolute Gasteiger partial charge is 0.486 e.